The van der Waals surface area contributed by atoms with E-state index in [9.17, 15) is 13.6 Å². The van der Waals surface area contributed by atoms with Gasteiger partial charge in [-0.3, -0.25) is 4.79 Å². The smallest absolute Gasteiger partial charge is 0.249 e. The number of amides is 1. The van der Waals surface area contributed by atoms with Gasteiger partial charge < -0.3 is 16.8 Å². The summed E-state index contributed by atoms with van der Waals surface area (Å²) in [6.45, 7) is 0.652. The first-order valence-corrected chi connectivity index (χ1v) is 11.8. The van der Waals surface area contributed by atoms with E-state index in [0.29, 0.717) is 12.6 Å². The average molecular weight is 484 g/mol. The monoisotopic (exact) mass is 483 g/mol. The summed E-state index contributed by atoms with van der Waals surface area (Å²) in [6.07, 6.45) is 4.02. The molecule has 178 valence electrons. The summed E-state index contributed by atoms with van der Waals surface area (Å²) in [7, 11) is 0. The standard InChI is InChI=1S/C27H28ClF2N3O/c28-23-12-6-17(14-21(23)25-20(27(32)34)11-13-24(29)26(25)30)22(16-4-2-1-3-5-16)15-33-19-9-7-18(31)8-10-19/h1-6,11-14,18-19,22,33H,7-10,15,31H2,(H2,32,34). The molecular formula is C27H28ClF2N3O. The minimum atomic E-state index is -1.15. The molecule has 0 aromatic heterocycles. The minimum absolute atomic E-state index is 0.0681. The molecule has 1 fully saturated rings. The van der Waals surface area contributed by atoms with E-state index in [-0.39, 0.29) is 33.7 Å². The highest BCUT2D eigenvalue weighted by Gasteiger charge is 2.24. The Kier molecular flexibility index (Phi) is 7.61. The van der Waals surface area contributed by atoms with Crippen molar-refractivity contribution in [2.24, 2.45) is 11.5 Å². The van der Waals surface area contributed by atoms with Gasteiger partial charge in [-0.25, -0.2) is 8.78 Å². The Hall–Kier alpha value is -2.80. The molecule has 4 nitrogen and oxygen atoms in total. The number of carbonyl (C=O) groups is 1. The van der Waals surface area contributed by atoms with Gasteiger partial charge in [-0.05, 0) is 61.1 Å². The zero-order chi connectivity index (χ0) is 24.2. The van der Waals surface area contributed by atoms with Crippen molar-refractivity contribution in [2.75, 3.05) is 6.54 Å². The average Bonchev–Trinajstić information content (AvgIpc) is 2.83. The van der Waals surface area contributed by atoms with Crippen molar-refractivity contribution < 1.29 is 13.6 Å². The lowest BCUT2D eigenvalue weighted by molar-refractivity contribution is 0.100. The van der Waals surface area contributed by atoms with Crippen LogP contribution in [0.2, 0.25) is 5.02 Å². The number of nitrogens with two attached hydrogens (primary N) is 2. The maximum atomic E-state index is 14.9. The quantitative estimate of drug-likeness (QED) is 0.422. The molecule has 0 saturated heterocycles. The van der Waals surface area contributed by atoms with Gasteiger partial charge in [0.25, 0.3) is 0 Å². The Morgan fingerprint density at radius 2 is 1.71 bits per heavy atom. The van der Waals surface area contributed by atoms with Crippen molar-refractivity contribution in [3.8, 4) is 11.1 Å². The van der Waals surface area contributed by atoms with Gasteiger partial charge in [0.05, 0.1) is 5.56 Å². The molecule has 0 radical (unpaired) electrons. The number of halogens is 3. The summed E-state index contributed by atoms with van der Waals surface area (Å²) in [5.74, 6) is -3.14. The van der Waals surface area contributed by atoms with Crippen molar-refractivity contribution in [1.82, 2.24) is 5.32 Å². The summed E-state index contributed by atoms with van der Waals surface area (Å²) < 4.78 is 29.0. The predicted octanol–water partition coefficient (Wildman–Crippen LogP) is 5.38. The number of nitrogens with one attached hydrogen (secondary N) is 1. The molecule has 1 aliphatic rings. The molecule has 1 aliphatic carbocycles. The Balaban J connectivity index is 1.73. The number of hydrogen-bond acceptors (Lipinski definition) is 3. The summed E-state index contributed by atoms with van der Waals surface area (Å²) in [6, 6.07) is 17.9. The Labute approximate surface area is 203 Å². The fourth-order valence-electron chi connectivity index (χ4n) is 4.69. The molecule has 0 heterocycles. The van der Waals surface area contributed by atoms with E-state index in [1.165, 1.54) is 6.07 Å². The Morgan fingerprint density at radius 1 is 1.00 bits per heavy atom. The number of hydrogen-bond donors (Lipinski definition) is 3. The van der Waals surface area contributed by atoms with Crippen LogP contribution in [0.4, 0.5) is 8.78 Å². The van der Waals surface area contributed by atoms with E-state index in [0.717, 1.165) is 42.9 Å². The topological polar surface area (TPSA) is 81.1 Å². The van der Waals surface area contributed by atoms with Crippen molar-refractivity contribution in [3.05, 3.63) is 94.0 Å². The third-order valence-corrected chi connectivity index (χ3v) is 6.94. The normalized spacial score (nSPS) is 19.1. The molecule has 5 N–H and O–H groups in total. The zero-order valence-corrected chi connectivity index (χ0v) is 19.5. The van der Waals surface area contributed by atoms with Crippen LogP contribution in [0.25, 0.3) is 11.1 Å². The van der Waals surface area contributed by atoms with Gasteiger partial charge in [0.2, 0.25) is 5.91 Å². The lowest BCUT2D eigenvalue weighted by atomic mass is 9.87. The van der Waals surface area contributed by atoms with Crippen molar-refractivity contribution in [3.63, 3.8) is 0 Å². The van der Waals surface area contributed by atoms with Gasteiger partial charge in [0.1, 0.15) is 0 Å². The van der Waals surface area contributed by atoms with Gasteiger partial charge in [0.15, 0.2) is 11.6 Å². The molecule has 3 aromatic rings. The highest BCUT2D eigenvalue weighted by Crippen LogP contribution is 2.37. The van der Waals surface area contributed by atoms with Gasteiger partial charge in [-0.1, -0.05) is 48.0 Å². The number of benzene rings is 3. The molecule has 0 aliphatic heterocycles. The van der Waals surface area contributed by atoms with Crippen LogP contribution in [-0.4, -0.2) is 24.5 Å². The molecule has 0 spiro atoms. The second kappa shape index (κ2) is 10.6. The lowest BCUT2D eigenvalue weighted by Gasteiger charge is -2.29. The summed E-state index contributed by atoms with van der Waals surface area (Å²) >= 11 is 6.43. The molecule has 34 heavy (non-hydrogen) atoms. The van der Waals surface area contributed by atoms with Crippen LogP contribution in [0.15, 0.2) is 60.7 Å². The molecule has 0 bridgehead atoms. The molecule has 7 heteroatoms. The molecule has 3 aromatic carbocycles. The highest BCUT2D eigenvalue weighted by molar-refractivity contribution is 6.33. The largest absolute Gasteiger partial charge is 0.366 e. The summed E-state index contributed by atoms with van der Waals surface area (Å²) in [5, 5.41) is 3.87. The van der Waals surface area contributed by atoms with Crippen molar-refractivity contribution in [1.29, 1.82) is 0 Å². The van der Waals surface area contributed by atoms with E-state index in [4.69, 9.17) is 23.1 Å². The van der Waals surface area contributed by atoms with Crippen LogP contribution in [0.1, 0.15) is 53.1 Å². The maximum absolute atomic E-state index is 14.9. The second-order valence-electron chi connectivity index (χ2n) is 8.87. The van der Waals surface area contributed by atoms with E-state index in [2.05, 4.69) is 5.32 Å². The molecule has 1 unspecified atom stereocenters. The third kappa shape index (κ3) is 5.30. The lowest BCUT2D eigenvalue weighted by Crippen LogP contribution is -2.39. The van der Waals surface area contributed by atoms with E-state index < -0.39 is 17.5 Å². The zero-order valence-electron chi connectivity index (χ0n) is 18.7. The van der Waals surface area contributed by atoms with Crippen LogP contribution in [-0.2, 0) is 0 Å². The van der Waals surface area contributed by atoms with E-state index in [1.807, 2.05) is 36.4 Å². The number of primary amides is 1. The molecule has 1 saturated carbocycles. The van der Waals surface area contributed by atoms with E-state index >= 15 is 0 Å². The van der Waals surface area contributed by atoms with Crippen LogP contribution in [0.3, 0.4) is 0 Å². The Morgan fingerprint density at radius 3 is 2.38 bits per heavy atom. The van der Waals surface area contributed by atoms with Gasteiger partial charge in [0, 0.05) is 40.7 Å². The van der Waals surface area contributed by atoms with Crippen molar-refractivity contribution in [2.45, 2.75) is 43.7 Å². The van der Waals surface area contributed by atoms with Crippen molar-refractivity contribution >= 4 is 17.5 Å². The summed E-state index contributed by atoms with van der Waals surface area (Å²) in [4.78, 5) is 12.0. The maximum Gasteiger partial charge on any atom is 0.249 e. The third-order valence-electron chi connectivity index (χ3n) is 6.61. The fraction of sp³-hybridized carbons (Fsp3) is 0.296. The van der Waals surface area contributed by atoms with Crippen LogP contribution < -0.4 is 16.8 Å². The van der Waals surface area contributed by atoms with Gasteiger partial charge >= 0.3 is 0 Å². The molecular weight excluding hydrogens is 456 g/mol. The van der Waals surface area contributed by atoms with E-state index in [1.54, 1.807) is 12.1 Å². The predicted molar refractivity (Wildman–Crippen MR) is 132 cm³/mol. The minimum Gasteiger partial charge on any atom is -0.366 e. The highest BCUT2D eigenvalue weighted by atomic mass is 35.5. The summed E-state index contributed by atoms with van der Waals surface area (Å²) in [5.41, 5.74) is 13.3. The van der Waals surface area contributed by atoms with Gasteiger partial charge in [-0.2, -0.15) is 0 Å². The van der Waals surface area contributed by atoms with Gasteiger partial charge in [-0.15, -0.1) is 0 Å². The van der Waals surface area contributed by atoms with Crippen LogP contribution >= 0.6 is 11.6 Å². The molecule has 1 atom stereocenters. The van der Waals surface area contributed by atoms with Crippen LogP contribution in [0.5, 0.6) is 0 Å². The Bertz CT molecular complexity index is 1160. The fourth-order valence-corrected chi connectivity index (χ4v) is 4.90. The first-order valence-electron chi connectivity index (χ1n) is 11.5. The number of rotatable bonds is 7. The second-order valence-corrected chi connectivity index (χ2v) is 9.28. The van der Waals surface area contributed by atoms with Crippen LogP contribution in [0, 0.1) is 11.6 Å². The SMILES string of the molecule is NC(=O)c1ccc(F)c(F)c1-c1cc(C(CNC2CCC(N)CC2)c2ccccc2)ccc1Cl. The first-order chi connectivity index (χ1) is 16.3. The number of carbonyl (C=O) groups excluding carboxylic acids is 1. The first kappa shape index (κ1) is 24.3. The molecule has 4 rings (SSSR count). The molecule has 1 amide bonds.